The van der Waals surface area contributed by atoms with Crippen LogP contribution in [-0.4, -0.2) is 18.8 Å². The maximum absolute atomic E-state index is 12.4. The fourth-order valence-electron chi connectivity index (χ4n) is 0.751. The Balaban J connectivity index is 4.73. The Kier molecular flexibility index (Phi) is 3.75. The highest BCUT2D eigenvalue weighted by Crippen LogP contribution is 2.41. The van der Waals surface area contributed by atoms with Crippen molar-refractivity contribution >= 4 is 5.97 Å². The van der Waals surface area contributed by atoms with Crippen LogP contribution in [0.15, 0.2) is 0 Å². The normalized spacial score (nSPS) is 16.5. The lowest BCUT2D eigenvalue weighted by Gasteiger charge is -2.27. The number of esters is 1. The summed E-state index contributed by atoms with van der Waals surface area (Å²) in [6, 6.07) is 0. The molecule has 0 saturated carbocycles. The van der Waals surface area contributed by atoms with Gasteiger partial charge in [0.15, 0.2) is 5.41 Å². The highest BCUT2D eigenvalue weighted by molar-refractivity contribution is 5.77. The van der Waals surface area contributed by atoms with Crippen molar-refractivity contribution in [2.45, 2.75) is 33.4 Å². The third-order valence-electron chi connectivity index (χ3n) is 2.06. The summed E-state index contributed by atoms with van der Waals surface area (Å²) in [5, 5.41) is 0. The quantitative estimate of drug-likeness (QED) is 0.651. The van der Waals surface area contributed by atoms with Crippen LogP contribution < -0.4 is 0 Å². The van der Waals surface area contributed by atoms with Gasteiger partial charge in [-0.15, -0.1) is 0 Å². The molecule has 0 aliphatic heterocycles. The van der Waals surface area contributed by atoms with Crippen molar-refractivity contribution in [3.05, 3.63) is 0 Å². The lowest BCUT2D eigenvalue weighted by Crippen LogP contribution is -2.43. The molecule has 0 rings (SSSR count). The van der Waals surface area contributed by atoms with Gasteiger partial charge in [0.25, 0.3) is 0 Å². The predicted molar refractivity (Wildman–Crippen MR) is 41.1 cm³/mol. The molecule has 0 N–H and O–H groups in total. The van der Waals surface area contributed by atoms with Gasteiger partial charge in [-0.1, -0.05) is 6.92 Å². The largest absolute Gasteiger partial charge is 0.465 e. The van der Waals surface area contributed by atoms with Crippen LogP contribution >= 0.6 is 0 Å². The highest BCUT2D eigenvalue weighted by Gasteiger charge is 2.56. The SMILES string of the molecule is CCOC(=O)C(C)(CC)C(F)(F)F. The van der Waals surface area contributed by atoms with Crippen LogP contribution in [0.25, 0.3) is 0 Å². The summed E-state index contributed by atoms with van der Waals surface area (Å²) in [4.78, 5) is 11.0. The first-order chi connectivity index (χ1) is 5.79. The second-order valence-electron chi connectivity index (χ2n) is 2.90. The van der Waals surface area contributed by atoms with Gasteiger partial charge in [-0.25, -0.2) is 0 Å². The molecule has 0 aliphatic rings. The number of hydrogen-bond donors (Lipinski definition) is 0. The zero-order chi connectivity index (χ0) is 10.7. The van der Waals surface area contributed by atoms with E-state index in [1.807, 2.05) is 0 Å². The van der Waals surface area contributed by atoms with Gasteiger partial charge in [-0.2, -0.15) is 13.2 Å². The number of halogens is 3. The molecule has 0 aromatic rings. The number of ether oxygens (including phenoxy) is 1. The topological polar surface area (TPSA) is 26.3 Å². The van der Waals surface area contributed by atoms with Crippen molar-refractivity contribution in [3.8, 4) is 0 Å². The van der Waals surface area contributed by atoms with E-state index in [1.165, 1.54) is 13.8 Å². The third kappa shape index (κ3) is 2.35. The van der Waals surface area contributed by atoms with Crippen molar-refractivity contribution in [2.24, 2.45) is 5.41 Å². The van der Waals surface area contributed by atoms with Crippen molar-refractivity contribution in [2.75, 3.05) is 6.61 Å². The van der Waals surface area contributed by atoms with Gasteiger partial charge in [-0.05, 0) is 20.3 Å². The van der Waals surface area contributed by atoms with Crippen LogP contribution in [0.3, 0.4) is 0 Å². The Morgan fingerprint density at radius 2 is 1.77 bits per heavy atom. The summed E-state index contributed by atoms with van der Waals surface area (Å²) in [5.74, 6) is -1.20. The molecule has 0 spiro atoms. The van der Waals surface area contributed by atoms with E-state index in [1.54, 1.807) is 0 Å². The second-order valence-corrected chi connectivity index (χ2v) is 2.90. The Hall–Kier alpha value is -0.740. The van der Waals surface area contributed by atoms with Gasteiger partial charge in [0.2, 0.25) is 0 Å². The van der Waals surface area contributed by atoms with E-state index in [2.05, 4.69) is 4.74 Å². The summed E-state index contributed by atoms with van der Waals surface area (Å²) in [6.45, 7) is 3.60. The Morgan fingerprint density at radius 1 is 1.31 bits per heavy atom. The molecule has 5 heteroatoms. The average Bonchev–Trinajstić information content (AvgIpc) is 2.01. The van der Waals surface area contributed by atoms with Gasteiger partial charge in [0.1, 0.15) is 0 Å². The molecule has 13 heavy (non-hydrogen) atoms. The van der Waals surface area contributed by atoms with E-state index in [-0.39, 0.29) is 13.0 Å². The van der Waals surface area contributed by atoms with Crippen LogP contribution in [0.1, 0.15) is 27.2 Å². The molecule has 0 aromatic heterocycles. The van der Waals surface area contributed by atoms with E-state index in [0.717, 1.165) is 6.92 Å². The molecule has 0 bridgehead atoms. The maximum atomic E-state index is 12.4. The van der Waals surface area contributed by atoms with Gasteiger partial charge in [-0.3, -0.25) is 4.79 Å². The first-order valence-electron chi connectivity index (χ1n) is 4.03. The number of hydrogen-bond acceptors (Lipinski definition) is 2. The van der Waals surface area contributed by atoms with E-state index < -0.39 is 17.6 Å². The second kappa shape index (κ2) is 3.98. The molecule has 0 heterocycles. The van der Waals surface area contributed by atoms with Crippen molar-refractivity contribution in [3.63, 3.8) is 0 Å². The maximum Gasteiger partial charge on any atom is 0.404 e. The first-order valence-corrected chi connectivity index (χ1v) is 4.03. The Labute approximate surface area is 75.1 Å². The van der Waals surface area contributed by atoms with Crippen LogP contribution in [0.5, 0.6) is 0 Å². The van der Waals surface area contributed by atoms with Gasteiger partial charge < -0.3 is 4.74 Å². The summed E-state index contributed by atoms with van der Waals surface area (Å²) >= 11 is 0. The lowest BCUT2D eigenvalue weighted by molar-refractivity contribution is -0.230. The van der Waals surface area contributed by atoms with Gasteiger partial charge in [0, 0.05) is 0 Å². The van der Waals surface area contributed by atoms with Gasteiger partial charge in [0.05, 0.1) is 6.61 Å². The zero-order valence-electron chi connectivity index (χ0n) is 7.86. The molecule has 0 amide bonds. The van der Waals surface area contributed by atoms with Crippen molar-refractivity contribution < 1.29 is 22.7 Å². The van der Waals surface area contributed by atoms with E-state index in [4.69, 9.17) is 0 Å². The predicted octanol–water partition coefficient (Wildman–Crippen LogP) is 2.53. The monoisotopic (exact) mass is 198 g/mol. The van der Waals surface area contributed by atoms with Crippen LogP contribution in [0.4, 0.5) is 13.2 Å². The molecule has 2 nitrogen and oxygen atoms in total. The number of alkyl halides is 3. The summed E-state index contributed by atoms with van der Waals surface area (Å²) in [5.41, 5.74) is -2.37. The number of carbonyl (C=O) groups is 1. The smallest absolute Gasteiger partial charge is 0.404 e. The number of rotatable bonds is 3. The minimum absolute atomic E-state index is 0.0372. The Bertz CT molecular complexity index is 188. The minimum Gasteiger partial charge on any atom is -0.465 e. The molecule has 0 fully saturated rings. The standard InChI is InChI=1S/C8H13F3O2/c1-4-7(3,8(9,10)11)6(12)13-5-2/h4-5H2,1-3H3. The molecule has 0 radical (unpaired) electrons. The molecule has 0 saturated heterocycles. The minimum atomic E-state index is -4.55. The molecule has 0 aliphatic carbocycles. The average molecular weight is 198 g/mol. The molecule has 78 valence electrons. The van der Waals surface area contributed by atoms with Gasteiger partial charge >= 0.3 is 12.1 Å². The fraction of sp³-hybridized carbons (Fsp3) is 0.875. The molecule has 1 atom stereocenters. The summed E-state index contributed by atoms with van der Waals surface area (Å²) in [6.07, 6.45) is -4.86. The third-order valence-corrected chi connectivity index (χ3v) is 2.06. The fourth-order valence-corrected chi connectivity index (χ4v) is 0.751. The molecule has 1 unspecified atom stereocenters. The van der Waals surface area contributed by atoms with Crippen LogP contribution in [0, 0.1) is 5.41 Å². The molecular weight excluding hydrogens is 185 g/mol. The van der Waals surface area contributed by atoms with E-state index in [9.17, 15) is 18.0 Å². The molecular formula is C8H13F3O2. The number of carbonyl (C=O) groups excluding carboxylic acids is 1. The van der Waals surface area contributed by atoms with Crippen molar-refractivity contribution in [1.82, 2.24) is 0 Å². The van der Waals surface area contributed by atoms with Crippen LogP contribution in [0.2, 0.25) is 0 Å². The summed E-state index contributed by atoms with van der Waals surface area (Å²) in [7, 11) is 0. The lowest BCUT2D eigenvalue weighted by atomic mass is 9.87. The van der Waals surface area contributed by atoms with Crippen molar-refractivity contribution in [1.29, 1.82) is 0 Å². The van der Waals surface area contributed by atoms with E-state index >= 15 is 0 Å². The van der Waals surface area contributed by atoms with Crippen LogP contribution in [-0.2, 0) is 9.53 Å². The highest BCUT2D eigenvalue weighted by atomic mass is 19.4. The summed E-state index contributed by atoms with van der Waals surface area (Å²) < 4.78 is 41.5. The molecule has 0 aromatic carbocycles. The zero-order valence-corrected chi connectivity index (χ0v) is 7.86. The van der Waals surface area contributed by atoms with E-state index in [0.29, 0.717) is 0 Å². The Morgan fingerprint density at radius 3 is 2.00 bits per heavy atom. The first kappa shape index (κ1) is 12.3.